The van der Waals surface area contributed by atoms with Crippen LogP contribution in [0.15, 0.2) is 42.5 Å². The number of rotatable bonds is 8. The van der Waals surface area contributed by atoms with Crippen molar-refractivity contribution < 1.29 is 4.79 Å². The summed E-state index contributed by atoms with van der Waals surface area (Å²) in [5.74, 6) is 1.14. The quantitative estimate of drug-likeness (QED) is 0.524. The zero-order valence-corrected chi connectivity index (χ0v) is 17.2. The van der Waals surface area contributed by atoms with E-state index in [0.29, 0.717) is 11.7 Å². The lowest BCUT2D eigenvalue weighted by atomic mass is 9.87. The number of benzene rings is 2. The largest absolute Gasteiger partial charge is 0.384 e. The maximum Gasteiger partial charge on any atom is 0.168 e. The second-order valence-electron chi connectivity index (χ2n) is 8.68. The van der Waals surface area contributed by atoms with E-state index in [9.17, 15) is 4.79 Å². The Morgan fingerprint density at radius 2 is 1.89 bits per heavy atom. The molecule has 4 rings (SSSR count). The van der Waals surface area contributed by atoms with Crippen LogP contribution in [0, 0.1) is 5.92 Å². The van der Waals surface area contributed by atoms with Crippen molar-refractivity contribution >= 4 is 11.5 Å². The monoisotopic (exact) mass is 376 g/mol. The number of carbonyl (C=O) groups is 1. The van der Waals surface area contributed by atoms with Crippen molar-refractivity contribution in [1.82, 2.24) is 4.90 Å². The molecule has 2 aromatic rings. The third-order valence-corrected chi connectivity index (χ3v) is 6.30. The van der Waals surface area contributed by atoms with Gasteiger partial charge in [-0.1, -0.05) is 50.2 Å². The van der Waals surface area contributed by atoms with E-state index in [1.54, 1.807) is 0 Å². The highest BCUT2D eigenvalue weighted by molar-refractivity contribution is 6.01. The van der Waals surface area contributed by atoms with Crippen LogP contribution < -0.4 is 5.32 Å². The van der Waals surface area contributed by atoms with Crippen LogP contribution in [0.3, 0.4) is 0 Å². The number of unbranched alkanes of at least 4 members (excludes halogenated alkanes) is 1. The molecule has 2 heterocycles. The molecule has 1 saturated heterocycles. The van der Waals surface area contributed by atoms with E-state index in [1.165, 1.54) is 29.5 Å². The van der Waals surface area contributed by atoms with E-state index in [-0.39, 0.29) is 5.92 Å². The fourth-order valence-electron chi connectivity index (χ4n) is 4.45. The summed E-state index contributed by atoms with van der Waals surface area (Å²) in [6.45, 7) is 8.40. The molecule has 2 aromatic carbocycles. The summed E-state index contributed by atoms with van der Waals surface area (Å²) >= 11 is 0. The number of fused-ring (bicyclic) bond motifs is 1. The second-order valence-corrected chi connectivity index (χ2v) is 8.68. The van der Waals surface area contributed by atoms with Crippen LogP contribution in [0.5, 0.6) is 0 Å². The van der Waals surface area contributed by atoms with E-state index in [2.05, 4.69) is 54.4 Å². The smallest absolute Gasteiger partial charge is 0.168 e. The van der Waals surface area contributed by atoms with E-state index < -0.39 is 0 Å². The van der Waals surface area contributed by atoms with Crippen molar-refractivity contribution in [3.05, 3.63) is 64.7 Å². The Hall–Kier alpha value is -2.13. The summed E-state index contributed by atoms with van der Waals surface area (Å²) in [4.78, 5) is 15.3. The molecule has 3 heteroatoms. The maximum absolute atomic E-state index is 12.9. The van der Waals surface area contributed by atoms with Gasteiger partial charge in [-0.3, -0.25) is 4.79 Å². The SMILES string of the molecule is CC(C)c1ccc(CCCCN2CC(C(=O)c3cccc4c3CCN4)C2)cc1. The Morgan fingerprint density at radius 3 is 2.64 bits per heavy atom. The van der Waals surface area contributed by atoms with Gasteiger partial charge in [-0.2, -0.15) is 0 Å². The Morgan fingerprint density at radius 1 is 1.11 bits per heavy atom. The molecule has 0 unspecified atom stereocenters. The predicted molar refractivity (Wildman–Crippen MR) is 116 cm³/mol. The average molecular weight is 377 g/mol. The average Bonchev–Trinajstić information content (AvgIpc) is 3.15. The van der Waals surface area contributed by atoms with Gasteiger partial charge in [-0.05, 0) is 60.9 Å². The summed E-state index contributed by atoms with van der Waals surface area (Å²) in [7, 11) is 0. The number of Topliss-reactive ketones (excluding diaryl/α,β-unsaturated/α-hetero) is 1. The van der Waals surface area contributed by atoms with Crippen LogP contribution in [-0.4, -0.2) is 36.9 Å². The third-order valence-electron chi connectivity index (χ3n) is 6.30. The minimum atomic E-state index is 0.190. The maximum atomic E-state index is 12.9. The van der Waals surface area contributed by atoms with Crippen molar-refractivity contribution in [2.45, 2.75) is 45.4 Å². The molecule has 0 atom stereocenters. The number of ketones is 1. The van der Waals surface area contributed by atoms with Gasteiger partial charge in [0.2, 0.25) is 0 Å². The van der Waals surface area contributed by atoms with Crippen molar-refractivity contribution in [2.24, 2.45) is 5.92 Å². The molecule has 0 radical (unpaired) electrons. The van der Waals surface area contributed by atoms with E-state index in [0.717, 1.165) is 50.3 Å². The van der Waals surface area contributed by atoms with E-state index >= 15 is 0 Å². The Kier molecular flexibility index (Phi) is 5.82. The molecule has 1 fully saturated rings. The van der Waals surface area contributed by atoms with Gasteiger partial charge in [0.15, 0.2) is 5.78 Å². The summed E-state index contributed by atoms with van der Waals surface area (Å²) in [5, 5.41) is 3.37. The van der Waals surface area contributed by atoms with Crippen molar-refractivity contribution in [1.29, 1.82) is 0 Å². The molecule has 148 valence electrons. The van der Waals surface area contributed by atoms with Gasteiger partial charge in [-0.15, -0.1) is 0 Å². The van der Waals surface area contributed by atoms with Gasteiger partial charge < -0.3 is 10.2 Å². The number of nitrogens with zero attached hydrogens (tertiary/aromatic N) is 1. The highest BCUT2D eigenvalue weighted by atomic mass is 16.1. The molecular formula is C25H32N2O. The fraction of sp³-hybridized carbons (Fsp3) is 0.480. The Labute approximate surface area is 169 Å². The first kappa shape index (κ1) is 19.2. The highest BCUT2D eigenvalue weighted by Crippen LogP contribution is 2.29. The lowest BCUT2D eigenvalue weighted by Gasteiger charge is -2.38. The number of likely N-dealkylation sites (tertiary alicyclic amines) is 1. The topological polar surface area (TPSA) is 32.3 Å². The first-order valence-corrected chi connectivity index (χ1v) is 10.8. The Balaban J connectivity index is 1.18. The summed E-state index contributed by atoms with van der Waals surface area (Å²) in [6, 6.07) is 15.2. The van der Waals surface area contributed by atoms with Gasteiger partial charge in [0.05, 0.1) is 0 Å². The first-order chi connectivity index (χ1) is 13.6. The lowest BCUT2D eigenvalue weighted by Crippen LogP contribution is -2.50. The standard InChI is InChI=1S/C25H32N2O/c1-18(2)20-11-9-19(10-12-20)6-3-4-15-27-16-21(17-27)25(28)23-7-5-8-24-22(23)13-14-26-24/h5,7-12,18,21,26H,3-4,6,13-17H2,1-2H3. The molecule has 0 bridgehead atoms. The molecule has 1 N–H and O–H groups in total. The van der Waals surface area contributed by atoms with Gasteiger partial charge in [0.25, 0.3) is 0 Å². The molecule has 2 aliphatic rings. The van der Waals surface area contributed by atoms with Crippen LogP contribution in [0.25, 0.3) is 0 Å². The van der Waals surface area contributed by atoms with Crippen LogP contribution >= 0.6 is 0 Å². The molecule has 0 amide bonds. The summed E-state index contributed by atoms with van der Waals surface area (Å²) in [6.07, 6.45) is 4.55. The molecule has 0 aliphatic carbocycles. The zero-order valence-electron chi connectivity index (χ0n) is 17.2. The van der Waals surface area contributed by atoms with E-state index in [1.807, 2.05) is 12.1 Å². The van der Waals surface area contributed by atoms with Gasteiger partial charge >= 0.3 is 0 Å². The van der Waals surface area contributed by atoms with Gasteiger partial charge in [0, 0.05) is 36.8 Å². The number of nitrogens with one attached hydrogen (secondary N) is 1. The molecule has 28 heavy (non-hydrogen) atoms. The molecule has 0 aromatic heterocycles. The van der Waals surface area contributed by atoms with Crippen LogP contribution in [-0.2, 0) is 12.8 Å². The lowest BCUT2D eigenvalue weighted by molar-refractivity contribution is 0.0617. The molecule has 0 saturated carbocycles. The molecule has 3 nitrogen and oxygen atoms in total. The summed E-state index contributed by atoms with van der Waals surface area (Å²) in [5.41, 5.74) is 6.20. The molecule has 2 aliphatic heterocycles. The predicted octanol–water partition coefficient (Wildman–Crippen LogP) is 4.92. The molecular weight excluding hydrogens is 344 g/mol. The third kappa shape index (κ3) is 4.15. The second kappa shape index (κ2) is 8.48. The van der Waals surface area contributed by atoms with Gasteiger partial charge in [0.1, 0.15) is 0 Å². The minimum absolute atomic E-state index is 0.190. The fourth-order valence-corrected chi connectivity index (χ4v) is 4.45. The van der Waals surface area contributed by atoms with E-state index in [4.69, 9.17) is 0 Å². The van der Waals surface area contributed by atoms with Crippen LogP contribution in [0.1, 0.15) is 59.7 Å². The highest BCUT2D eigenvalue weighted by Gasteiger charge is 2.34. The summed E-state index contributed by atoms with van der Waals surface area (Å²) < 4.78 is 0. The number of hydrogen-bond donors (Lipinski definition) is 1. The van der Waals surface area contributed by atoms with Crippen LogP contribution in [0.2, 0.25) is 0 Å². The van der Waals surface area contributed by atoms with Crippen molar-refractivity contribution in [2.75, 3.05) is 31.5 Å². The normalized spacial score (nSPS) is 16.7. The van der Waals surface area contributed by atoms with Crippen molar-refractivity contribution in [3.63, 3.8) is 0 Å². The first-order valence-electron chi connectivity index (χ1n) is 10.8. The minimum Gasteiger partial charge on any atom is -0.384 e. The number of hydrogen-bond acceptors (Lipinski definition) is 3. The number of carbonyl (C=O) groups excluding carboxylic acids is 1. The van der Waals surface area contributed by atoms with Crippen molar-refractivity contribution in [3.8, 4) is 0 Å². The van der Waals surface area contributed by atoms with Crippen LogP contribution in [0.4, 0.5) is 5.69 Å². The zero-order chi connectivity index (χ0) is 19.5. The molecule has 0 spiro atoms. The number of anilines is 1. The van der Waals surface area contributed by atoms with Gasteiger partial charge in [-0.25, -0.2) is 0 Å². The Bertz CT molecular complexity index is 819. The number of aryl methyl sites for hydroxylation is 1.